The summed E-state index contributed by atoms with van der Waals surface area (Å²) in [7, 11) is 0. The lowest BCUT2D eigenvalue weighted by Gasteiger charge is -2.17. The van der Waals surface area contributed by atoms with Crippen LogP contribution in [0.25, 0.3) is 0 Å². The van der Waals surface area contributed by atoms with Gasteiger partial charge in [-0.05, 0) is 39.0 Å². The average Bonchev–Trinajstić information content (AvgIpc) is 2.40. The molecular weight excluding hydrogens is 278 g/mol. The molecule has 6 heteroatoms. The minimum atomic E-state index is -0.718. The van der Waals surface area contributed by atoms with E-state index in [1.54, 1.807) is 32.0 Å². The molecule has 0 aromatic heterocycles. The van der Waals surface area contributed by atoms with Crippen LogP contribution in [0.5, 0.6) is 11.5 Å². The van der Waals surface area contributed by atoms with Crippen molar-refractivity contribution in [3.05, 3.63) is 23.8 Å². The number of nitrogens with two attached hydrogens (primary N) is 1. The maximum Gasteiger partial charge on any atom is 0.347 e. The summed E-state index contributed by atoms with van der Waals surface area (Å²) in [6.07, 6.45) is -0.718. The Morgan fingerprint density at radius 3 is 2.55 bits per heavy atom. The Hall–Kier alpha value is -1.82. The highest BCUT2D eigenvalue weighted by Crippen LogP contribution is 2.29. The van der Waals surface area contributed by atoms with Crippen LogP contribution in [0.3, 0.4) is 0 Å². The van der Waals surface area contributed by atoms with Gasteiger partial charge in [0.2, 0.25) is 0 Å². The first-order valence-electron chi connectivity index (χ1n) is 6.39. The minimum absolute atomic E-state index is 0.274. The van der Waals surface area contributed by atoms with Crippen molar-refractivity contribution in [3.63, 3.8) is 0 Å². The van der Waals surface area contributed by atoms with Crippen LogP contribution in [0.15, 0.2) is 18.2 Å². The summed E-state index contributed by atoms with van der Waals surface area (Å²) < 4.78 is 15.9. The summed E-state index contributed by atoms with van der Waals surface area (Å²) in [5.74, 6) is 0.523. The molecule has 0 aliphatic rings. The molecule has 5 nitrogen and oxygen atoms in total. The van der Waals surface area contributed by atoms with Gasteiger partial charge in [0.1, 0.15) is 4.99 Å². The van der Waals surface area contributed by atoms with E-state index in [-0.39, 0.29) is 4.99 Å². The largest absolute Gasteiger partial charge is 0.490 e. The Morgan fingerprint density at radius 1 is 1.30 bits per heavy atom. The van der Waals surface area contributed by atoms with Gasteiger partial charge in [-0.15, -0.1) is 0 Å². The molecule has 1 atom stereocenters. The van der Waals surface area contributed by atoms with Crippen LogP contribution in [0.1, 0.15) is 26.3 Å². The molecule has 0 spiro atoms. The lowest BCUT2D eigenvalue weighted by Crippen LogP contribution is -2.26. The van der Waals surface area contributed by atoms with E-state index in [9.17, 15) is 4.79 Å². The number of thiocarbonyl (C=S) groups is 1. The summed E-state index contributed by atoms with van der Waals surface area (Å²) in [5, 5.41) is 0. The predicted octanol–water partition coefficient (Wildman–Crippen LogP) is 2.05. The SMILES string of the molecule is CCOC(=O)C(C)Oc1ccc(C(N)=S)cc1OCC. The monoisotopic (exact) mass is 297 g/mol. The number of carbonyl (C=O) groups excluding carboxylic acids is 1. The maximum absolute atomic E-state index is 11.6. The highest BCUT2D eigenvalue weighted by molar-refractivity contribution is 7.80. The lowest BCUT2D eigenvalue weighted by molar-refractivity contribution is -0.150. The number of rotatable bonds is 7. The smallest absolute Gasteiger partial charge is 0.347 e. The quantitative estimate of drug-likeness (QED) is 0.613. The number of esters is 1. The van der Waals surface area contributed by atoms with Gasteiger partial charge in [-0.3, -0.25) is 0 Å². The van der Waals surface area contributed by atoms with E-state index in [4.69, 9.17) is 32.2 Å². The van der Waals surface area contributed by atoms with Gasteiger partial charge in [0.25, 0.3) is 0 Å². The molecule has 0 saturated heterocycles. The third kappa shape index (κ3) is 4.38. The first-order valence-corrected chi connectivity index (χ1v) is 6.80. The van der Waals surface area contributed by atoms with Crippen LogP contribution in [0, 0.1) is 0 Å². The lowest BCUT2D eigenvalue weighted by atomic mass is 10.2. The number of hydrogen-bond donors (Lipinski definition) is 1. The molecule has 110 valence electrons. The second-order valence-corrected chi connectivity index (χ2v) is 4.41. The van der Waals surface area contributed by atoms with Crippen LogP contribution in [-0.4, -0.2) is 30.3 Å². The Labute approximate surface area is 124 Å². The second-order valence-electron chi connectivity index (χ2n) is 3.97. The molecule has 1 rings (SSSR count). The van der Waals surface area contributed by atoms with Crippen LogP contribution in [-0.2, 0) is 9.53 Å². The minimum Gasteiger partial charge on any atom is -0.490 e. The molecule has 1 aromatic carbocycles. The van der Waals surface area contributed by atoms with E-state index < -0.39 is 12.1 Å². The molecule has 0 radical (unpaired) electrons. The van der Waals surface area contributed by atoms with Crippen molar-refractivity contribution in [2.75, 3.05) is 13.2 Å². The molecule has 0 aliphatic carbocycles. The summed E-state index contributed by atoms with van der Waals surface area (Å²) >= 11 is 4.92. The first kappa shape index (κ1) is 16.2. The van der Waals surface area contributed by atoms with Crippen molar-refractivity contribution in [1.82, 2.24) is 0 Å². The van der Waals surface area contributed by atoms with Crippen molar-refractivity contribution < 1.29 is 19.0 Å². The zero-order valence-electron chi connectivity index (χ0n) is 11.8. The fourth-order valence-corrected chi connectivity index (χ4v) is 1.65. The summed E-state index contributed by atoms with van der Waals surface area (Å²) in [6, 6.07) is 5.09. The molecule has 0 saturated carbocycles. The second kappa shape index (κ2) is 7.69. The molecule has 0 aliphatic heterocycles. The fourth-order valence-electron chi connectivity index (χ4n) is 1.53. The Balaban J connectivity index is 2.93. The molecule has 0 amide bonds. The standard InChI is InChI=1S/C14H19NO4S/c1-4-17-12-8-10(13(15)20)6-7-11(12)19-9(3)14(16)18-5-2/h6-9H,4-5H2,1-3H3,(H2,15,20). The number of carbonyl (C=O) groups is 1. The summed E-state index contributed by atoms with van der Waals surface area (Å²) in [4.78, 5) is 11.8. The normalized spacial score (nSPS) is 11.6. The highest BCUT2D eigenvalue weighted by Gasteiger charge is 2.18. The van der Waals surface area contributed by atoms with Crippen LogP contribution >= 0.6 is 12.2 Å². The van der Waals surface area contributed by atoms with Gasteiger partial charge in [0, 0.05) is 5.56 Å². The van der Waals surface area contributed by atoms with Gasteiger partial charge in [-0.1, -0.05) is 12.2 Å². The van der Waals surface area contributed by atoms with E-state index in [0.29, 0.717) is 30.3 Å². The molecular formula is C14H19NO4S. The van der Waals surface area contributed by atoms with Crippen LogP contribution in [0.2, 0.25) is 0 Å². The van der Waals surface area contributed by atoms with Crippen molar-refractivity contribution in [1.29, 1.82) is 0 Å². The fraction of sp³-hybridized carbons (Fsp3) is 0.429. The van der Waals surface area contributed by atoms with E-state index in [1.807, 2.05) is 6.92 Å². The molecule has 0 heterocycles. The number of ether oxygens (including phenoxy) is 3. The molecule has 1 aromatic rings. The molecule has 1 unspecified atom stereocenters. The predicted molar refractivity (Wildman–Crippen MR) is 80.2 cm³/mol. The molecule has 20 heavy (non-hydrogen) atoms. The molecule has 0 bridgehead atoms. The highest BCUT2D eigenvalue weighted by atomic mass is 32.1. The third-order valence-electron chi connectivity index (χ3n) is 2.45. The van der Waals surface area contributed by atoms with Gasteiger partial charge in [-0.2, -0.15) is 0 Å². The average molecular weight is 297 g/mol. The third-order valence-corrected chi connectivity index (χ3v) is 2.69. The van der Waals surface area contributed by atoms with Gasteiger partial charge in [0.15, 0.2) is 17.6 Å². The Bertz CT molecular complexity index is 490. The van der Waals surface area contributed by atoms with Gasteiger partial charge >= 0.3 is 5.97 Å². The van der Waals surface area contributed by atoms with E-state index >= 15 is 0 Å². The topological polar surface area (TPSA) is 70.8 Å². The van der Waals surface area contributed by atoms with E-state index in [1.165, 1.54) is 0 Å². The number of benzene rings is 1. The van der Waals surface area contributed by atoms with Crippen molar-refractivity contribution >= 4 is 23.2 Å². The number of hydrogen-bond acceptors (Lipinski definition) is 5. The van der Waals surface area contributed by atoms with Crippen molar-refractivity contribution in [2.45, 2.75) is 26.9 Å². The van der Waals surface area contributed by atoms with E-state index in [0.717, 1.165) is 0 Å². The van der Waals surface area contributed by atoms with Gasteiger partial charge in [0.05, 0.1) is 13.2 Å². The van der Waals surface area contributed by atoms with Gasteiger partial charge in [-0.25, -0.2) is 4.79 Å². The van der Waals surface area contributed by atoms with Crippen LogP contribution < -0.4 is 15.2 Å². The maximum atomic E-state index is 11.6. The Morgan fingerprint density at radius 2 is 2.00 bits per heavy atom. The zero-order valence-corrected chi connectivity index (χ0v) is 12.7. The van der Waals surface area contributed by atoms with E-state index in [2.05, 4.69) is 0 Å². The van der Waals surface area contributed by atoms with Crippen molar-refractivity contribution in [3.8, 4) is 11.5 Å². The van der Waals surface area contributed by atoms with Crippen molar-refractivity contribution in [2.24, 2.45) is 5.73 Å². The zero-order chi connectivity index (χ0) is 15.1. The summed E-state index contributed by atoms with van der Waals surface area (Å²) in [5.41, 5.74) is 6.26. The molecule has 0 fully saturated rings. The van der Waals surface area contributed by atoms with Crippen LogP contribution in [0.4, 0.5) is 0 Å². The van der Waals surface area contributed by atoms with Gasteiger partial charge < -0.3 is 19.9 Å². The Kier molecular flexibility index (Phi) is 6.24. The molecule has 2 N–H and O–H groups in total. The first-order chi connectivity index (χ1) is 9.49. The summed E-state index contributed by atoms with van der Waals surface area (Å²) in [6.45, 7) is 5.99.